The number of aliphatic imine (C=N–C) groups is 1. The van der Waals surface area contributed by atoms with E-state index in [1.165, 1.54) is 17.7 Å². The van der Waals surface area contributed by atoms with Crippen molar-refractivity contribution in [3.63, 3.8) is 0 Å². The van der Waals surface area contributed by atoms with E-state index in [0.29, 0.717) is 11.3 Å². The first-order valence-corrected chi connectivity index (χ1v) is 10.5. The molecule has 0 fully saturated rings. The highest BCUT2D eigenvalue weighted by molar-refractivity contribution is 6.21. The van der Waals surface area contributed by atoms with Crippen molar-refractivity contribution in [2.24, 2.45) is 4.99 Å². The van der Waals surface area contributed by atoms with Crippen molar-refractivity contribution in [1.82, 2.24) is 4.90 Å². The van der Waals surface area contributed by atoms with Crippen molar-refractivity contribution in [2.75, 3.05) is 26.0 Å². The van der Waals surface area contributed by atoms with Crippen LogP contribution in [-0.4, -0.2) is 37.0 Å². The summed E-state index contributed by atoms with van der Waals surface area (Å²) in [6.07, 6.45) is 0. The second-order valence-electron chi connectivity index (χ2n) is 8.49. The van der Waals surface area contributed by atoms with Crippen LogP contribution in [0.15, 0.2) is 71.7 Å². The minimum atomic E-state index is -0.408. The van der Waals surface area contributed by atoms with E-state index < -0.39 is 5.82 Å². The SMILES string of the molecule is CN(C)Cc1ccc(C2C3=NCC(=O)c4cc(F)cc(c43)NC2c2ccccc2)cc1. The monoisotopic (exact) mass is 413 g/mol. The van der Waals surface area contributed by atoms with Crippen LogP contribution in [0.4, 0.5) is 10.1 Å². The maximum Gasteiger partial charge on any atom is 0.185 e. The van der Waals surface area contributed by atoms with Gasteiger partial charge in [-0.15, -0.1) is 0 Å². The molecule has 2 heterocycles. The van der Waals surface area contributed by atoms with E-state index in [-0.39, 0.29) is 24.3 Å². The molecule has 2 atom stereocenters. The van der Waals surface area contributed by atoms with Crippen molar-refractivity contribution in [3.8, 4) is 0 Å². The topological polar surface area (TPSA) is 44.7 Å². The van der Waals surface area contributed by atoms with E-state index in [9.17, 15) is 9.18 Å². The molecular formula is C26H24FN3O. The summed E-state index contributed by atoms with van der Waals surface area (Å²) in [4.78, 5) is 19.4. The van der Waals surface area contributed by atoms with Gasteiger partial charge in [-0.25, -0.2) is 4.39 Å². The van der Waals surface area contributed by atoms with Gasteiger partial charge in [0.15, 0.2) is 5.78 Å². The first-order valence-electron chi connectivity index (χ1n) is 10.5. The summed E-state index contributed by atoms with van der Waals surface area (Å²) in [5.41, 5.74) is 6.12. The van der Waals surface area contributed by atoms with Gasteiger partial charge in [0.05, 0.1) is 17.7 Å². The van der Waals surface area contributed by atoms with Crippen LogP contribution in [0.2, 0.25) is 0 Å². The van der Waals surface area contributed by atoms with E-state index in [4.69, 9.17) is 4.99 Å². The van der Waals surface area contributed by atoms with E-state index >= 15 is 0 Å². The Morgan fingerprint density at radius 1 is 1.03 bits per heavy atom. The van der Waals surface area contributed by atoms with Gasteiger partial charge in [0.2, 0.25) is 0 Å². The van der Waals surface area contributed by atoms with Crippen LogP contribution in [0.5, 0.6) is 0 Å². The van der Waals surface area contributed by atoms with Crippen LogP contribution in [0.25, 0.3) is 0 Å². The number of halogens is 1. The highest BCUT2D eigenvalue weighted by atomic mass is 19.1. The summed E-state index contributed by atoms with van der Waals surface area (Å²) in [7, 11) is 4.10. The van der Waals surface area contributed by atoms with Gasteiger partial charge in [0.1, 0.15) is 12.4 Å². The molecule has 0 bridgehead atoms. The molecule has 5 rings (SSSR count). The number of hydrogen-bond donors (Lipinski definition) is 1. The van der Waals surface area contributed by atoms with E-state index in [1.54, 1.807) is 0 Å². The number of benzene rings is 3. The standard InChI is InChI=1S/C26H24FN3O/c1-30(2)15-16-8-10-17(11-9-16)23-25(18-6-4-3-5-7-18)29-21-13-19(27)12-20-22(31)14-28-26(23)24(20)21/h3-13,23,25,29H,14-15H2,1-2H3. The lowest BCUT2D eigenvalue weighted by molar-refractivity contribution is 0.0999. The molecule has 0 aliphatic carbocycles. The minimum absolute atomic E-state index is 0.0575. The van der Waals surface area contributed by atoms with Crippen LogP contribution in [0.3, 0.4) is 0 Å². The highest BCUT2D eigenvalue weighted by Gasteiger charge is 2.39. The average molecular weight is 413 g/mol. The minimum Gasteiger partial charge on any atom is -0.377 e. The zero-order valence-corrected chi connectivity index (χ0v) is 17.6. The van der Waals surface area contributed by atoms with Gasteiger partial charge in [-0.3, -0.25) is 9.79 Å². The number of hydrogen-bond acceptors (Lipinski definition) is 4. The molecule has 4 nitrogen and oxygen atoms in total. The Hall–Kier alpha value is -3.31. The molecule has 0 radical (unpaired) electrons. The average Bonchev–Trinajstić information content (AvgIpc) is 2.76. The fourth-order valence-corrected chi connectivity index (χ4v) is 4.68. The predicted octanol–water partition coefficient (Wildman–Crippen LogP) is 4.82. The molecule has 1 N–H and O–H groups in total. The molecule has 2 unspecified atom stereocenters. The highest BCUT2D eigenvalue weighted by Crippen LogP contribution is 2.45. The molecular weight excluding hydrogens is 389 g/mol. The Morgan fingerprint density at radius 3 is 2.48 bits per heavy atom. The largest absolute Gasteiger partial charge is 0.377 e. The van der Waals surface area contributed by atoms with Crippen molar-refractivity contribution in [1.29, 1.82) is 0 Å². The van der Waals surface area contributed by atoms with Crippen LogP contribution < -0.4 is 5.32 Å². The molecule has 3 aromatic rings. The third-order valence-electron chi connectivity index (χ3n) is 5.99. The van der Waals surface area contributed by atoms with Crippen molar-refractivity contribution in [3.05, 3.63) is 100 Å². The van der Waals surface area contributed by atoms with Crippen molar-refractivity contribution < 1.29 is 9.18 Å². The van der Waals surface area contributed by atoms with E-state index in [2.05, 4.69) is 60.7 Å². The Kier molecular flexibility index (Phi) is 4.91. The molecule has 156 valence electrons. The number of carbonyl (C=O) groups excluding carboxylic acids is 1. The van der Waals surface area contributed by atoms with Crippen LogP contribution in [0, 0.1) is 5.82 Å². The van der Waals surface area contributed by atoms with E-state index in [1.807, 2.05) is 18.2 Å². The molecule has 0 aromatic heterocycles. The first kappa shape index (κ1) is 19.6. The number of rotatable bonds is 4. The predicted molar refractivity (Wildman–Crippen MR) is 122 cm³/mol. The zero-order chi connectivity index (χ0) is 21.5. The van der Waals surface area contributed by atoms with Crippen molar-refractivity contribution in [2.45, 2.75) is 18.5 Å². The van der Waals surface area contributed by atoms with Gasteiger partial charge in [-0.2, -0.15) is 0 Å². The number of Topliss-reactive ketones (excluding diaryl/α,β-unsaturated/α-hetero) is 1. The maximum atomic E-state index is 14.3. The Labute approximate surface area is 181 Å². The maximum absolute atomic E-state index is 14.3. The molecule has 2 aliphatic heterocycles. The van der Waals surface area contributed by atoms with Gasteiger partial charge >= 0.3 is 0 Å². The molecule has 0 saturated heterocycles. The van der Waals surface area contributed by atoms with Crippen LogP contribution >= 0.6 is 0 Å². The van der Waals surface area contributed by atoms with E-state index in [0.717, 1.165) is 28.9 Å². The Balaban J connectivity index is 1.67. The molecule has 2 aliphatic rings. The summed E-state index contributed by atoms with van der Waals surface area (Å²) in [5, 5.41) is 3.53. The number of nitrogens with one attached hydrogen (secondary N) is 1. The lowest BCUT2D eigenvalue weighted by Crippen LogP contribution is -2.36. The third-order valence-corrected chi connectivity index (χ3v) is 5.99. The first-order chi connectivity index (χ1) is 15.0. The number of ketones is 1. The van der Waals surface area contributed by atoms with Gasteiger partial charge in [0, 0.05) is 23.4 Å². The third kappa shape index (κ3) is 3.55. The zero-order valence-electron chi connectivity index (χ0n) is 17.6. The Morgan fingerprint density at radius 2 is 1.77 bits per heavy atom. The lowest BCUT2D eigenvalue weighted by atomic mass is 9.75. The van der Waals surface area contributed by atoms with Gasteiger partial charge in [-0.05, 0) is 42.9 Å². The van der Waals surface area contributed by atoms with Crippen molar-refractivity contribution >= 4 is 17.2 Å². The number of anilines is 1. The fraction of sp³-hybridized carbons (Fsp3) is 0.231. The molecule has 0 amide bonds. The normalized spacial score (nSPS) is 19.6. The summed E-state index contributed by atoms with van der Waals surface area (Å²) in [5.74, 6) is -0.630. The fourth-order valence-electron chi connectivity index (χ4n) is 4.68. The number of carbonyl (C=O) groups is 1. The van der Waals surface area contributed by atoms with Crippen LogP contribution in [-0.2, 0) is 6.54 Å². The summed E-state index contributed by atoms with van der Waals surface area (Å²) in [6, 6.07) is 21.4. The van der Waals surface area contributed by atoms with Gasteiger partial charge in [-0.1, -0.05) is 54.6 Å². The molecule has 3 aromatic carbocycles. The van der Waals surface area contributed by atoms with Gasteiger partial charge < -0.3 is 10.2 Å². The smallest absolute Gasteiger partial charge is 0.185 e. The molecule has 0 saturated carbocycles. The second kappa shape index (κ2) is 7.75. The molecule has 0 spiro atoms. The second-order valence-corrected chi connectivity index (χ2v) is 8.49. The number of nitrogens with zero attached hydrogens (tertiary/aromatic N) is 2. The quantitative estimate of drug-likeness (QED) is 0.667. The summed E-state index contributed by atoms with van der Waals surface area (Å²) < 4.78 is 14.3. The van der Waals surface area contributed by atoms with Gasteiger partial charge in [0.25, 0.3) is 0 Å². The van der Waals surface area contributed by atoms with Crippen LogP contribution in [0.1, 0.15) is 44.6 Å². The molecule has 31 heavy (non-hydrogen) atoms. The molecule has 5 heteroatoms. The summed E-state index contributed by atoms with van der Waals surface area (Å²) >= 11 is 0. The lowest BCUT2D eigenvalue weighted by Gasteiger charge is -2.38. The Bertz CT molecular complexity index is 1170. The summed E-state index contributed by atoms with van der Waals surface area (Å²) in [6.45, 7) is 0.926.